The molecule has 100 valence electrons. The molecule has 0 unspecified atom stereocenters. The molecule has 8 heteroatoms. The number of ether oxygens (including phenoxy) is 1. The van der Waals surface area contributed by atoms with Gasteiger partial charge in [0.15, 0.2) is 5.78 Å². The minimum absolute atomic E-state index is 0.285. The van der Waals surface area contributed by atoms with Crippen LogP contribution in [0.3, 0.4) is 0 Å². The summed E-state index contributed by atoms with van der Waals surface area (Å²) in [6.07, 6.45) is -9.52. The van der Waals surface area contributed by atoms with Crippen molar-refractivity contribution in [2.45, 2.75) is 12.5 Å². The van der Waals surface area contributed by atoms with Crippen molar-refractivity contribution in [1.82, 2.24) is 0 Å². The van der Waals surface area contributed by atoms with Crippen LogP contribution in [0.25, 0.3) is 0 Å². The van der Waals surface area contributed by atoms with E-state index in [4.69, 9.17) is 0 Å². The number of hydrogen-bond acceptors (Lipinski definition) is 2. The van der Waals surface area contributed by atoms with Crippen LogP contribution in [0.2, 0.25) is 0 Å². The summed E-state index contributed by atoms with van der Waals surface area (Å²) in [5, 5.41) is 0. The maximum atomic E-state index is 12.2. The minimum atomic E-state index is -4.96. The first-order chi connectivity index (χ1) is 8.09. The van der Waals surface area contributed by atoms with Gasteiger partial charge in [0.25, 0.3) is 0 Å². The van der Waals surface area contributed by atoms with Crippen LogP contribution in [0, 0.1) is 0 Å². The molecule has 1 rings (SSSR count). The molecule has 0 bridgehead atoms. The first-order valence-corrected chi connectivity index (χ1v) is 4.51. The Balaban J connectivity index is 2.71. The highest BCUT2D eigenvalue weighted by atomic mass is 19.4. The molecule has 1 aromatic rings. The van der Waals surface area contributed by atoms with Crippen LogP contribution in [0.15, 0.2) is 24.3 Å². The molecular formula is C10H6F6O2. The average Bonchev–Trinajstić information content (AvgIpc) is 2.24. The Morgan fingerprint density at radius 1 is 1.00 bits per heavy atom. The molecule has 0 saturated carbocycles. The molecule has 0 amide bonds. The normalized spacial score (nSPS) is 12.6. The third-order valence-electron chi connectivity index (χ3n) is 1.90. The zero-order valence-electron chi connectivity index (χ0n) is 8.60. The predicted octanol–water partition coefficient (Wildman–Crippen LogP) is 3.42. The second kappa shape index (κ2) is 4.97. The van der Waals surface area contributed by atoms with Gasteiger partial charge < -0.3 is 0 Å². The van der Waals surface area contributed by atoms with Crippen molar-refractivity contribution in [3.63, 3.8) is 0 Å². The SMILES string of the molecule is O=C(COC(F)(F)F)c1ccc(C(F)(F)F)cc1. The standard InChI is InChI=1S/C10H6F6O2/c11-9(12,13)7-3-1-6(2-4-7)8(17)5-18-10(14,15)16/h1-4H,5H2. The smallest absolute Gasteiger partial charge is 0.292 e. The van der Waals surface area contributed by atoms with Crippen LogP contribution in [0.4, 0.5) is 26.3 Å². The van der Waals surface area contributed by atoms with E-state index >= 15 is 0 Å². The largest absolute Gasteiger partial charge is 0.522 e. The molecule has 0 aromatic heterocycles. The van der Waals surface area contributed by atoms with Crippen molar-refractivity contribution in [3.8, 4) is 0 Å². The van der Waals surface area contributed by atoms with Crippen molar-refractivity contribution >= 4 is 5.78 Å². The van der Waals surface area contributed by atoms with Crippen LogP contribution in [-0.2, 0) is 10.9 Å². The average molecular weight is 272 g/mol. The molecule has 0 heterocycles. The Bertz CT molecular complexity index is 417. The molecule has 0 spiro atoms. The Hall–Kier alpha value is -1.57. The number of ketones is 1. The van der Waals surface area contributed by atoms with Gasteiger partial charge in [-0.05, 0) is 12.1 Å². The summed E-state index contributed by atoms with van der Waals surface area (Å²) in [7, 11) is 0. The topological polar surface area (TPSA) is 26.3 Å². The summed E-state index contributed by atoms with van der Waals surface area (Å²) in [6, 6.07) is 2.82. The molecule has 0 N–H and O–H groups in total. The first-order valence-electron chi connectivity index (χ1n) is 4.51. The molecule has 0 aliphatic rings. The number of carbonyl (C=O) groups is 1. The number of carbonyl (C=O) groups excluding carboxylic acids is 1. The number of hydrogen-bond donors (Lipinski definition) is 0. The maximum absolute atomic E-state index is 12.2. The zero-order chi connectivity index (χ0) is 14.0. The molecule has 0 radical (unpaired) electrons. The summed E-state index contributed by atoms with van der Waals surface area (Å²) in [4.78, 5) is 11.1. The number of halogens is 6. The van der Waals surface area contributed by atoms with Crippen molar-refractivity contribution in [3.05, 3.63) is 35.4 Å². The summed E-state index contributed by atoms with van der Waals surface area (Å²) >= 11 is 0. The van der Waals surface area contributed by atoms with Gasteiger partial charge in [-0.1, -0.05) is 12.1 Å². The van der Waals surface area contributed by atoms with E-state index in [2.05, 4.69) is 4.74 Å². The summed E-state index contributed by atoms with van der Waals surface area (Å²) in [5.74, 6) is -1.05. The number of benzene rings is 1. The van der Waals surface area contributed by atoms with Crippen LogP contribution in [-0.4, -0.2) is 18.8 Å². The van der Waals surface area contributed by atoms with Gasteiger partial charge >= 0.3 is 12.5 Å². The van der Waals surface area contributed by atoms with E-state index in [0.717, 1.165) is 12.1 Å². The van der Waals surface area contributed by atoms with Crippen LogP contribution < -0.4 is 0 Å². The van der Waals surface area contributed by atoms with Gasteiger partial charge in [0.2, 0.25) is 0 Å². The van der Waals surface area contributed by atoms with Crippen LogP contribution in [0.1, 0.15) is 15.9 Å². The molecular weight excluding hydrogens is 266 g/mol. The van der Waals surface area contributed by atoms with E-state index in [-0.39, 0.29) is 5.56 Å². The van der Waals surface area contributed by atoms with Gasteiger partial charge in [0, 0.05) is 5.56 Å². The van der Waals surface area contributed by atoms with Crippen molar-refractivity contribution in [2.75, 3.05) is 6.61 Å². The first kappa shape index (κ1) is 14.5. The van der Waals surface area contributed by atoms with Gasteiger partial charge in [-0.2, -0.15) is 13.2 Å². The third-order valence-corrected chi connectivity index (χ3v) is 1.90. The molecule has 1 aromatic carbocycles. The van der Waals surface area contributed by atoms with E-state index in [1.54, 1.807) is 0 Å². The monoisotopic (exact) mass is 272 g/mol. The zero-order valence-corrected chi connectivity index (χ0v) is 8.60. The number of alkyl halides is 6. The van der Waals surface area contributed by atoms with E-state index in [1.807, 2.05) is 0 Å². The van der Waals surface area contributed by atoms with Crippen molar-refractivity contribution < 1.29 is 35.9 Å². The molecule has 0 aliphatic heterocycles. The molecule has 0 aliphatic carbocycles. The highest BCUT2D eigenvalue weighted by Gasteiger charge is 2.31. The fourth-order valence-corrected chi connectivity index (χ4v) is 1.08. The molecule has 2 nitrogen and oxygen atoms in total. The van der Waals surface area contributed by atoms with Crippen LogP contribution >= 0.6 is 0 Å². The van der Waals surface area contributed by atoms with Crippen LogP contribution in [0.5, 0.6) is 0 Å². The lowest BCUT2D eigenvalue weighted by Gasteiger charge is -2.08. The molecule has 0 fully saturated rings. The predicted molar refractivity (Wildman–Crippen MR) is 47.8 cm³/mol. The Labute approximate surface area is 97.2 Å². The van der Waals surface area contributed by atoms with E-state index < -0.39 is 30.5 Å². The Morgan fingerprint density at radius 3 is 1.89 bits per heavy atom. The van der Waals surface area contributed by atoms with Gasteiger partial charge in [0.1, 0.15) is 6.61 Å². The molecule has 0 atom stereocenters. The summed E-state index contributed by atoms with van der Waals surface area (Å²) in [6.45, 7) is -1.27. The summed E-state index contributed by atoms with van der Waals surface area (Å²) in [5.41, 5.74) is -1.27. The Morgan fingerprint density at radius 2 is 1.50 bits per heavy atom. The third kappa shape index (κ3) is 4.36. The van der Waals surface area contributed by atoms with Gasteiger partial charge in [-0.15, -0.1) is 13.2 Å². The second-order valence-electron chi connectivity index (χ2n) is 3.23. The fraction of sp³-hybridized carbons (Fsp3) is 0.300. The number of rotatable bonds is 3. The van der Waals surface area contributed by atoms with Gasteiger partial charge in [0.05, 0.1) is 5.56 Å². The van der Waals surface area contributed by atoms with E-state index in [1.165, 1.54) is 0 Å². The van der Waals surface area contributed by atoms with Gasteiger partial charge in [-0.25, -0.2) is 0 Å². The second-order valence-corrected chi connectivity index (χ2v) is 3.23. The van der Waals surface area contributed by atoms with Crippen molar-refractivity contribution in [1.29, 1.82) is 0 Å². The quantitative estimate of drug-likeness (QED) is 0.622. The molecule has 18 heavy (non-hydrogen) atoms. The highest BCUT2D eigenvalue weighted by molar-refractivity contribution is 5.97. The minimum Gasteiger partial charge on any atom is -0.292 e. The highest BCUT2D eigenvalue weighted by Crippen LogP contribution is 2.29. The lowest BCUT2D eigenvalue weighted by Crippen LogP contribution is -2.19. The van der Waals surface area contributed by atoms with E-state index in [0.29, 0.717) is 12.1 Å². The summed E-state index contributed by atoms with van der Waals surface area (Å²) < 4.78 is 74.7. The fourth-order valence-electron chi connectivity index (χ4n) is 1.08. The van der Waals surface area contributed by atoms with Gasteiger partial charge in [-0.3, -0.25) is 9.53 Å². The van der Waals surface area contributed by atoms with Crippen molar-refractivity contribution in [2.24, 2.45) is 0 Å². The maximum Gasteiger partial charge on any atom is 0.522 e. The van der Waals surface area contributed by atoms with E-state index in [9.17, 15) is 31.1 Å². The lowest BCUT2D eigenvalue weighted by atomic mass is 10.1. The Kier molecular flexibility index (Phi) is 4.00. The number of Topliss-reactive ketones (excluding diaryl/α,β-unsaturated/α-hetero) is 1. The molecule has 0 saturated heterocycles. The lowest BCUT2D eigenvalue weighted by molar-refractivity contribution is -0.318.